The third-order valence-corrected chi connectivity index (χ3v) is 7.12. The van der Waals surface area contributed by atoms with Crippen LogP contribution in [0.4, 0.5) is 0 Å². The number of aryl methyl sites for hydroxylation is 2. The van der Waals surface area contributed by atoms with Crippen molar-refractivity contribution in [2.75, 3.05) is 13.1 Å². The van der Waals surface area contributed by atoms with Crippen LogP contribution < -0.4 is 5.56 Å². The molecule has 1 fully saturated rings. The van der Waals surface area contributed by atoms with E-state index < -0.39 is 10.0 Å². The van der Waals surface area contributed by atoms with Gasteiger partial charge in [0, 0.05) is 38.0 Å². The van der Waals surface area contributed by atoms with E-state index in [2.05, 4.69) is 10.1 Å². The predicted molar refractivity (Wildman–Crippen MR) is 109 cm³/mol. The minimum atomic E-state index is -3.64. The summed E-state index contributed by atoms with van der Waals surface area (Å²) in [4.78, 5) is 16.6. The molecular formula is C20H23N5O3S. The van der Waals surface area contributed by atoms with Crippen LogP contribution in [0.25, 0.3) is 11.3 Å². The molecule has 1 saturated heterocycles. The Kier molecular flexibility index (Phi) is 5.10. The van der Waals surface area contributed by atoms with Gasteiger partial charge in [0.05, 0.1) is 11.7 Å². The van der Waals surface area contributed by atoms with Crippen molar-refractivity contribution in [3.63, 3.8) is 0 Å². The highest BCUT2D eigenvalue weighted by atomic mass is 32.2. The fourth-order valence-corrected chi connectivity index (χ4v) is 5.05. The summed E-state index contributed by atoms with van der Waals surface area (Å²) in [6.45, 7) is 2.42. The zero-order valence-corrected chi connectivity index (χ0v) is 17.2. The Bertz CT molecular complexity index is 1160. The lowest BCUT2D eigenvalue weighted by atomic mass is 10.1. The van der Waals surface area contributed by atoms with Crippen LogP contribution in [0.5, 0.6) is 0 Å². The van der Waals surface area contributed by atoms with Crippen LogP contribution in [0.15, 0.2) is 58.5 Å². The molecule has 0 saturated carbocycles. The molecular weight excluding hydrogens is 390 g/mol. The van der Waals surface area contributed by atoms with E-state index >= 15 is 0 Å². The molecule has 3 heterocycles. The summed E-state index contributed by atoms with van der Waals surface area (Å²) in [5.74, 6) is 0.645. The first-order valence-corrected chi connectivity index (χ1v) is 11.0. The summed E-state index contributed by atoms with van der Waals surface area (Å²) in [7, 11) is -1.87. The average molecular weight is 414 g/mol. The van der Waals surface area contributed by atoms with Crippen molar-refractivity contribution in [2.24, 2.45) is 7.05 Å². The first kappa shape index (κ1) is 19.5. The standard InChI is InChI=1S/C20H23N5O3S/c1-15-21-19(14-23(15)2)29(27,28)24-12-10-17(11-13-24)25-20(26)9-8-18(22-25)16-6-4-3-5-7-16/h3-9,14,17H,10-13H2,1-2H3. The lowest BCUT2D eigenvalue weighted by molar-refractivity contribution is 0.255. The minimum absolute atomic E-state index is 0.0670. The molecule has 0 atom stereocenters. The number of sulfonamides is 1. The van der Waals surface area contributed by atoms with Crippen LogP contribution in [0.1, 0.15) is 24.7 Å². The van der Waals surface area contributed by atoms with Gasteiger partial charge in [0.15, 0.2) is 5.03 Å². The van der Waals surface area contributed by atoms with Gasteiger partial charge in [-0.2, -0.15) is 9.40 Å². The van der Waals surface area contributed by atoms with E-state index in [0.29, 0.717) is 31.8 Å². The monoisotopic (exact) mass is 413 g/mol. The lowest BCUT2D eigenvalue weighted by Crippen LogP contribution is -2.41. The van der Waals surface area contributed by atoms with Crippen molar-refractivity contribution >= 4 is 10.0 Å². The fraction of sp³-hybridized carbons (Fsp3) is 0.350. The molecule has 0 unspecified atom stereocenters. The van der Waals surface area contributed by atoms with Gasteiger partial charge in [-0.1, -0.05) is 30.3 Å². The molecule has 9 heteroatoms. The maximum absolute atomic E-state index is 12.9. The van der Waals surface area contributed by atoms with Gasteiger partial charge in [0.25, 0.3) is 15.6 Å². The Morgan fingerprint density at radius 1 is 1.03 bits per heavy atom. The molecule has 8 nitrogen and oxygen atoms in total. The van der Waals surface area contributed by atoms with Crippen LogP contribution in [0.2, 0.25) is 0 Å². The fourth-order valence-electron chi connectivity index (χ4n) is 3.56. The lowest BCUT2D eigenvalue weighted by Gasteiger charge is -2.31. The number of benzene rings is 1. The van der Waals surface area contributed by atoms with Crippen LogP contribution >= 0.6 is 0 Å². The second-order valence-corrected chi connectivity index (χ2v) is 9.12. The Labute approximate surface area is 169 Å². The Hall–Kier alpha value is -2.78. The molecule has 0 bridgehead atoms. The molecule has 0 aliphatic carbocycles. The van der Waals surface area contributed by atoms with Gasteiger partial charge < -0.3 is 4.57 Å². The Morgan fingerprint density at radius 2 is 1.72 bits per heavy atom. The van der Waals surface area contributed by atoms with Crippen molar-refractivity contribution in [2.45, 2.75) is 30.8 Å². The van der Waals surface area contributed by atoms with Crippen molar-refractivity contribution in [3.05, 3.63) is 64.8 Å². The Morgan fingerprint density at radius 3 is 2.34 bits per heavy atom. The Balaban J connectivity index is 1.53. The predicted octanol–water partition coefficient (Wildman–Crippen LogP) is 1.98. The molecule has 0 spiro atoms. The topological polar surface area (TPSA) is 90.1 Å². The average Bonchev–Trinajstić information content (AvgIpc) is 3.08. The quantitative estimate of drug-likeness (QED) is 0.652. The van der Waals surface area contributed by atoms with Gasteiger partial charge in [0.2, 0.25) is 0 Å². The number of hydrogen-bond acceptors (Lipinski definition) is 5. The van der Waals surface area contributed by atoms with Gasteiger partial charge in [-0.25, -0.2) is 18.1 Å². The molecule has 4 rings (SSSR count). The summed E-state index contributed by atoms with van der Waals surface area (Å²) in [5.41, 5.74) is 1.49. The molecule has 152 valence electrons. The maximum atomic E-state index is 12.9. The molecule has 3 aromatic rings. The zero-order chi connectivity index (χ0) is 20.6. The largest absolute Gasteiger partial charge is 0.337 e. The highest BCUT2D eigenvalue weighted by molar-refractivity contribution is 7.89. The molecule has 0 N–H and O–H groups in total. The summed E-state index contributed by atoms with van der Waals surface area (Å²) >= 11 is 0. The smallest absolute Gasteiger partial charge is 0.267 e. The van der Waals surface area contributed by atoms with E-state index in [1.54, 1.807) is 24.6 Å². The molecule has 1 aliphatic rings. The number of piperidine rings is 1. The minimum Gasteiger partial charge on any atom is -0.337 e. The highest BCUT2D eigenvalue weighted by Gasteiger charge is 2.32. The second-order valence-electron chi connectivity index (χ2n) is 7.24. The molecule has 1 aromatic carbocycles. The van der Waals surface area contributed by atoms with Gasteiger partial charge in [0.1, 0.15) is 5.82 Å². The third-order valence-electron chi connectivity index (χ3n) is 5.35. The number of aromatic nitrogens is 4. The van der Waals surface area contributed by atoms with Gasteiger partial charge in [-0.15, -0.1) is 0 Å². The van der Waals surface area contributed by atoms with E-state index in [0.717, 1.165) is 11.3 Å². The van der Waals surface area contributed by atoms with Crippen LogP contribution in [0.3, 0.4) is 0 Å². The van der Waals surface area contributed by atoms with E-state index in [-0.39, 0.29) is 16.6 Å². The third kappa shape index (κ3) is 3.75. The van der Waals surface area contributed by atoms with Crippen LogP contribution in [-0.2, 0) is 17.1 Å². The van der Waals surface area contributed by atoms with E-state index in [1.807, 2.05) is 30.3 Å². The molecule has 29 heavy (non-hydrogen) atoms. The van der Waals surface area contributed by atoms with Crippen molar-refractivity contribution < 1.29 is 8.42 Å². The highest BCUT2D eigenvalue weighted by Crippen LogP contribution is 2.26. The van der Waals surface area contributed by atoms with Crippen molar-refractivity contribution in [1.29, 1.82) is 0 Å². The van der Waals surface area contributed by atoms with Crippen molar-refractivity contribution in [1.82, 2.24) is 23.6 Å². The van der Waals surface area contributed by atoms with Gasteiger partial charge >= 0.3 is 0 Å². The molecule has 0 radical (unpaired) electrons. The van der Waals surface area contributed by atoms with Gasteiger partial charge in [-0.3, -0.25) is 4.79 Å². The first-order valence-electron chi connectivity index (χ1n) is 9.51. The normalized spacial score (nSPS) is 16.2. The van der Waals surface area contributed by atoms with Gasteiger partial charge in [-0.05, 0) is 25.8 Å². The SMILES string of the molecule is Cc1nc(S(=O)(=O)N2CCC(n3nc(-c4ccccc4)ccc3=O)CC2)cn1C. The second kappa shape index (κ2) is 7.57. The summed E-state index contributed by atoms with van der Waals surface area (Å²) in [5, 5.41) is 4.61. The maximum Gasteiger partial charge on any atom is 0.267 e. The number of rotatable bonds is 4. The number of imidazole rings is 1. The van der Waals surface area contributed by atoms with E-state index in [4.69, 9.17) is 0 Å². The molecule has 2 aromatic heterocycles. The summed E-state index contributed by atoms with van der Waals surface area (Å²) < 4.78 is 30.4. The molecule has 1 aliphatic heterocycles. The molecule has 0 amide bonds. The van der Waals surface area contributed by atoms with E-state index in [1.165, 1.54) is 21.3 Å². The number of nitrogens with zero attached hydrogens (tertiary/aromatic N) is 5. The van der Waals surface area contributed by atoms with Crippen LogP contribution in [0, 0.1) is 6.92 Å². The number of hydrogen-bond donors (Lipinski definition) is 0. The van der Waals surface area contributed by atoms with Crippen LogP contribution in [-0.4, -0.2) is 45.1 Å². The van der Waals surface area contributed by atoms with Crippen molar-refractivity contribution in [3.8, 4) is 11.3 Å². The summed E-state index contributed by atoms with van der Waals surface area (Å²) in [6.07, 6.45) is 2.58. The summed E-state index contributed by atoms with van der Waals surface area (Å²) in [6, 6.07) is 12.8. The zero-order valence-electron chi connectivity index (χ0n) is 16.4. The van der Waals surface area contributed by atoms with E-state index in [9.17, 15) is 13.2 Å². The first-order chi connectivity index (χ1) is 13.9.